The molecule has 1 fully saturated rings. The largest absolute Gasteiger partial charge is 0.376 e. The van der Waals surface area contributed by atoms with E-state index in [1.54, 1.807) is 7.05 Å². The van der Waals surface area contributed by atoms with E-state index in [0.29, 0.717) is 5.84 Å². The van der Waals surface area contributed by atoms with Crippen LogP contribution in [0.2, 0.25) is 0 Å². The molecule has 1 unspecified atom stereocenters. The first-order valence-electron chi connectivity index (χ1n) is 3.27. The van der Waals surface area contributed by atoms with Crippen LogP contribution in [0.3, 0.4) is 0 Å². The van der Waals surface area contributed by atoms with E-state index in [1.807, 2.05) is 0 Å². The number of hydrogen-bond acceptors (Lipinski definition) is 1. The maximum atomic E-state index is 7.33. The monoisotopic (exact) mass is 126 g/mol. The molecule has 9 heavy (non-hydrogen) atoms. The zero-order valence-corrected chi connectivity index (χ0v) is 5.65. The summed E-state index contributed by atoms with van der Waals surface area (Å²) in [6.07, 6.45) is 2.20. The van der Waals surface area contributed by atoms with Crippen LogP contribution < -0.4 is 10.6 Å². The third-order valence-electron chi connectivity index (χ3n) is 1.59. The van der Waals surface area contributed by atoms with Gasteiger partial charge in [0.15, 0.2) is 0 Å². The van der Waals surface area contributed by atoms with E-state index in [4.69, 9.17) is 5.41 Å². The van der Waals surface area contributed by atoms with Gasteiger partial charge in [-0.1, -0.05) is 0 Å². The Labute approximate surface area is 55.3 Å². The van der Waals surface area contributed by atoms with Crippen molar-refractivity contribution in [3.05, 3.63) is 0 Å². The van der Waals surface area contributed by atoms with E-state index in [0.717, 1.165) is 19.4 Å². The maximum absolute atomic E-state index is 7.33. The Morgan fingerprint density at radius 3 is 3.00 bits per heavy atom. The Morgan fingerprint density at radius 1 is 1.78 bits per heavy atom. The first-order valence-corrected chi connectivity index (χ1v) is 3.27. The maximum Gasteiger partial charge on any atom is 0.112 e. The molecule has 1 radical (unpaired) electrons. The first kappa shape index (κ1) is 6.55. The van der Waals surface area contributed by atoms with Crippen LogP contribution in [0.4, 0.5) is 0 Å². The Morgan fingerprint density at radius 2 is 2.56 bits per heavy atom. The molecular weight excluding hydrogens is 114 g/mol. The molecule has 0 spiro atoms. The van der Waals surface area contributed by atoms with Crippen LogP contribution in [0.1, 0.15) is 12.8 Å². The lowest BCUT2D eigenvalue weighted by molar-refractivity contribution is 0.722. The molecule has 1 rings (SSSR count). The van der Waals surface area contributed by atoms with Crippen LogP contribution in [0.5, 0.6) is 0 Å². The van der Waals surface area contributed by atoms with Gasteiger partial charge in [0.1, 0.15) is 5.84 Å². The predicted molar refractivity (Wildman–Crippen MR) is 36.8 cm³/mol. The second-order valence-corrected chi connectivity index (χ2v) is 2.23. The van der Waals surface area contributed by atoms with Crippen LogP contribution in [-0.2, 0) is 0 Å². The Hall–Kier alpha value is -0.570. The topological polar surface area (TPSA) is 50.0 Å². The van der Waals surface area contributed by atoms with Crippen molar-refractivity contribution in [3.8, 4) is 0 Å². The van der Waals surface area contributed by atoms with E-state index in [9.17, 15) is 0 Å². The van der Waals surface area contributed by atoms with E-state index < -0.39 is 0 Å². The Bertz CT molecular complexity index is 105. The van der Waals surface area contributed by atoms with Gasteiger partial charge in [0.2, 0.25) is 0 Å². The molecule has 0 saturated carbocycles. The number of nitrogens with one attached hydrogen (secondary N) is 2. The molecule has 0 aromatic rings. The van der Waals surface area contributed by atoms with Crippen molar-refractivity contribution < 1.29 is 0 Å². The summed E-state index contributed by atoms with van der Waals surface area (Å²) in [5, 5.41) is 14.3. The summed E-state index contributed by atoms with van der Waals surface area (Å²) in [6, 6.07) is 0.176. The second kappa shape index (κ2) is 2.82. The van der Waals surface area contributed by atoms with Crippen molar-refractivity contribution >= 4 is 5.84 Å². The zero-order valence-electron chi connectivity index (χ0n) is 5.65. The average Bonchev–Trinajstić information content (AvgIpc) is 2.37. The van der Waals surface area contributed by atoms with Gasteiger partial charge in [0, 0.05) is 13.6 Å². The second-order valence-electron chi connectivity index (χ2n) is 2.23. The van der Waals surface area contributed by atoms with Crippen LogP contribution in [0, 0.1) is 5.41 Å². The molecule has 1 aliphatic heterocycles. The summed E-state index contributed by atoms with van der Waals surface area (Å²) in [7, 11) is 1.77. The zero-order chi connectivity index (χ0) is 6.69. The van der Waals surface area contributed by atoms with Crippen molar-refractivity contribution in [2.24, 2.45) is 0 Å². The highest BCUT2D eigenvalue weighted by molar-refractivity contribution is 5.84. The normalized spacial score (nSPS) is 26.1. The minimum absolute atomic E-state index is 0.176. The first-order chi connectivity index (χ1) is 4.34. The van der Waals surface area contributed by atoms with Crippen molar-refractivity contribution in [1.82, 2.24) is 10.6 Å². The highest BCUT2D eigenvalue weighted by atomic mass is 15.0. The number of nitrogens with zero attached hydrogens (tertiary/aromatic N) is 1. The molecule has 0 aliphatic carbocycles. The minimum Gasteiger partial charge on any atom is -0.376 e. The standard InChI is InChI=1S/C6H12N3/c1-8-6(7)5-3-2-4-9-5/h5H,2-4H2,1H3,(H2,7,8). The van der Waals surface area contributed by atoms with E-state index >= 15 is 0 Å². The molecule has 1 saturated heterocycles. The summed E-state index contributed by atoms with van der Waals surface area (Å²) in [5.41, 5.74) is 0. The van der Waals surface area contributed by atoms with E-state index in [1.165, 1.54) is 0 Å². The summed E-state index contributed by atoms with van der Waals surface area (Å²) < 4.78 is 0. The van der Waals surface area contributed by atoms with Gasteiger partial charge in [0.05, 0.1) is 6.04 Å². The fourth-order valence-electron chi connectivity index (χ4n) is 1.03. The molecule has 1 aliphatic rings. The number of amidine groups is 1. The lowest BCUT2D eigenvalue weighted by Crippen LogP contribution is -2.34. The van der Waals surface area contributed by atoms with Crippen LogP contribution in [0.15, 0.2) is 0 Å². The quantitative estimate of drug-likeness (QED) is 0.375. The fraction of sp³-hybridized carbons (Fsp3) is 0.833. The average molecular weight is 126 g/mol. The molecule has 0 aromatic heterocycles. The van der Waals surface area contributed by atoms with Crippen LogP contribution in [-0.4, -0.2) is 25.5 Å². The predicted octanol–water partition coefficient (Wildman–Crippen LogP) is -0.0501. The molecule has 0 amide bonds. The van der Waals surface area contributed by atoms with E-state index in [-0.39, 0.29) is 6.04 Å². The fourth-order valence-corrected chi connectivity index (χ4v) is 1.03. The molecule has 3 nitrogen and oxygen atoms in total. The van der Waals surface area contributed by atoms with Crippen LogP contribution in [0.25, 0.3) is 0 Å². The summed E-state index contributed by atoms with van der Waals surface area (Å²) in [4.78, 5) is 0. The van der Waals surface area contributed by atoms with Gasteiger partial charge in [0.25, 0.3) is 0 Å². The summed E-state index contributed by atoms with van der Waals surface area (Å²) in [5.74, 6) is 0.562. The molecule has 3 heteroatoms. The van der Waals surface area contributed by atoms with Gasteiger partial charge in [-0.15, -0.1) is 0 Å². The molecule has 51 valence electrons. The Balaban J connectivity index is 2.32. The van der Waals surface area contributed by atoms with Crippen LogP contribution >= 0.6 is 0 Å². The number of likely N-dealkylation sites (N-methyl/N-ethyl adjacent to an activating group) is 1. The highest BCUT2D eigenvalue weighted by Gasteiger charge is 2.18. The SMILES string of the molecule is CNC(=N)C1CCC[N]1. The van der Waals surface area contributed by atoms with E-state index in [2.05, 4.69) is 10.6 Å². The minimum atomic E-state index is 0.176. The third-order valence-corrected chi connectivity index (χ3v) is 1.59. The lowest BCUT2D eigenvalue weighted by atomic mass is 10.2. The molecule has 1 heterocycles. The highest BCUT2D eigenvalue weighted by Crippen LogP contribution is 2.05. The molecule has 1 atom stereocenters. The van der Waals surface area contributed by atoms with Gasteiger partial charge < -0.3 is 5.32 Å². The van der Waals surface area contributed by atoms with Crippen molar-refractivity contribution in [2.75, 3.05) is 13.6 Å². The smallest absolute Gasteiger partial charge is 0.112 e. The molecule has 0 bridgehead atoms. The third kappa shape index (κ3) is 1.42. The van der Waals surface area contributed by atoms with Gasteiger partial charge in [-0.2, -0.15) is 0 Å². The Kier molecular flexibility index (Phi) is 2.05. The summed E-state index contributed by atoms with van der Waals surface area (Å²) >= 11 is 0. The van der Waals surface area contributed by atoms with Crippen molar-refractivity contribution in [1.29, 1.82) is 5.41 Å². The van der Waals surface area contributed by atoms with Gasteiger partial charge in [-0.3, -0.25) is 5.41 Å². The lowest BCUT2D eigenvalue weighted by Gasteiger charge is -2.08. The summed E-state index contributed by atoms with van der Waals surface area (Å²) in [6.45, 7) is 0.939. The number of rotatable bonds is 1. The van der Waals surface area contributed by atoms with Gasteiger partial charge in [-0.25, -0.2) is 5.32 Å². The molecule has 2 N–H and O–H groups in total. The number of hydrogen-bond donors (Lipinski definition) is 2. The van der Waals surface area contributed by atoms with Crippen molar-refractivity contribution in [3.63, 3.8) is 0 Å². The van der Waals surface area contributed by atoms with Gasteiger partial charge in [-0.05, 0) is 12.8 Å². The van der Waals surface area contributed by atoms with Crippen molar-refractivity contribution in [2.45, 2.75) is 18.9 Å². The molecular formula is C6H12N3. The molecule has 0 aromatic carbocycles. The van der Waals surface area contributed by atoms with Gasteiger partial charge >= 0.3 is 0 Å².